The number of ether oxygens (including phenoxy) is 1. The van der Waals surface area contributed by atoms with Crippen LogP contribution in [0.15, 0.2) is 24.3 Å². The van der Waals surface area contributed by atoms with Gasteiger partial charge in [-0.15, -0.1) is 0 Å². The molecular weight excluding hydrogens is 390 g/mol. The summed E-state index contributed by atoms with van der Waals surface area (Å²) in [6.45, 7) is 5.39. The van der Waals surface area contributed by atoms with Crippen molar-refractivity contribution in [1.82, 2.24) is 15.1 Å². The van der Waals surface area contributed by atoms with Gasteiger partial charge in [-0.1, -0.05) is 24.4 Å². The van der Waals surface area contributed by atoms with Gasteiger partial charge in [-0.3, -0.25) is 14.5 Å². The lowest BCUT2D eigenvalue weighted by Crippen LogP contribution is -2.51. The lowest BCUT2D eigenvalue weighted by Gasteiger charge is -2.36. The number of carbonyl (C=O) groups is 2. The summed E-state index contributed by atoms with van der Waals surface area (Å²) in [4.78, 5) is 28.8. The molecule has 2 amide bonds. The predicted molar refractivity (Wildman–Crippen MR) is 114 cm³/mol. The molecular formula is C22H32ClN3O3. The topological polar surface area (TPSA) is 61.9 Å². The van der Waals surface area contributed by atoms with Crippen LogP contribution in [-0.2, 0) is 9.59 Å². The molecule has 1 aliphatic carbocycles. The third-order valence-corrected chi connectivity index (χ3v) is 6.02. The van der Waals surface area contributed by atoms with Crippen LogP contribution in [0, 0.1) is 5.92 Å². The molecule has 1 N–H and O–H groups in total. The van der Waals surface area contributed by atoms with Crippen LogP contribution in [0.25, 0.3) is 0 Å². The molecule has 0 bridgehead atoms. The number of rotatable bonds is 9. The molecule has 3 rings (SSSR count). The van der Waals surface area contributed by atoms with Crippen molar-refractivity contribution in [3.05, 3.63) is 29.3 Å². The van der Waals surface area contributed by atoms with Crippen LogP contribution in [0.1, 0.15) is 38.5 Å². The largest absolute Gasteiger partial charge is 0.494 e. The van der Waals surface area contributed by atoms with E-state index in [0.29, 0.717) is 36.9 Å². The van der Waals surface area contributed by atoms with E-state index in [1.807, 2.05) is 17.0 Å². The normalized spacial score (nSPS) is 18.0. The van der Waals surface area contributed by atoms with Crippen molar-refractivity contribution in [1.29, 1.82) is 0 Å². The zero-order chi connectivity index (χ0) is 20.5. The molecule has 0 unspecified atom stereocenters. The summed E-state index contributed by atoms with van der Waals surface area (Å²) in [6.07, 6.45) is 5.66. The van der Waals surface area contributed by atoms with Gasteiger partial charge >= 0.3 is 0 Å². The molecule has 2 aliphatic rings. The second-order valence-corrected chi connectivity index (χ2v) is 8.34. The van der Waals surface area contributed by atoms with E-state index in [0.717, 1.165) is 51.3 Å². The van der Waals surface area contributed by atoms with Gasteiger partial charge in [-0.05, 0) is 43.5 Å². The molecule has 0 spiro atoms. The monoisotopic (exact) mass is 421 g/mol. The highest BCUT2D eigenvalue weighted by Crippen LogP contribution is 2.26. The fourth-order valence-corrected chi connectivity index (χ4v) is 4.14. The van der Waals surface area contributed by atoms with Crippen molar-refractivity contribution in [2.24, 2.45) is 5.92 Å². The Balaban J connectivity index is 1.21. The molecule has 7 heteroatoms. The maximum Gasteiger partial charge on any atom is 0.225 e. The zero-order valence-electron chi connectivity index (χ0n) is 17.1. The Bertz CT molecular complexity index is 654. The Morgan fingerprint density at radius 2 is 1.76 bits per heavy atom. The van der Waals surface area contributed by atoms with Gasteiger partial charge in [0.1, 0.15) is 5.75 Å². The predicted octanol–water partition coefficient (Wildman–Crippen LogP) is 2.95. The van der Waals surface area contributed by atoms with Gasteiger partial charge < -0.3 is 15.0 Å². The molecule has 1 aromatic carbocycles. The maximum absolute atomic E-state index is 12.5. The molecule has 0 radical (unpaired) electrons. The molecule has 1 saturated heterocycles. The minimum Gasteiger partial charge on any atom is -0.494 e. The summed E-state index contributed by atoms with van der Waals surface area (Å²) in [5, 5.41) is 3.66. The SMILES string of the molecule is O=C(CCCOc1ccc(Cl)cc1)NCCN1CCN(C(=O)C2CCCC2)CC1. The number of carbonyl (C=O) groups excluding carboxylic acids is 2. The number of hydrogen-bond donors (Lipinski definition) is 1. The summed E-state index contributed by atoms with van der Waals surface area (Å²) >= 11 is 5.84. The molecule has 160 valence electrons. The second-order valence-electron chi connectivity index (χ2n) is 7.90. The molecule has 6 nitrogen and oxygen atoms in total. The average Bonchev–Trinajstić information content (AvgIpc) is 3.27. The number of piperazine rings is 1. The number of nitrogens with one attached hydrogen (secondary N) is 1. The fraction of sp³-hybridized carbons (Fsp3) is 0.636. The third-order valence-electron chi connectivity index (χ3n) is 5.77. The van der Waals surface area contributed by atoms with Crippen molar-refractivity contribution in [3.8, 4) is 5.75 Å². The summed E-state index contributed by atoms with van der Waals surface area (Å²) in [5.74, 6) is 1.45. The Morgan fingerprint density at radius 1 is 1.07 bits per heavy atom. The lowest BCUT2D eigenvalue weighted by molar-refractivity contribution is -0.137. The highest BCUT2D eigenvalue weighted by atomic mass is 35.5. The van der Waals surface area contributed by atoms with Crippen LogP contribution in [-0.4, -0.2) is 67.5 Å². The molecule has 0 aromatic heterocycles. The van der Waals surface area contributed by atoms with Crippen molar-refractivity contribution in [2.75, 3.05) is 45.9 Å². The van der Waals surface area contributed by atoms with E-state index in [2.05, 4.69) is 10.2 Å². The van der Waals surface area contributed by atoms with E-state index in [-0.39, 0.29) is 11.8 Å². The first kappa shape index (κ1) is 21.9. The molecule has 1 aliphatic heterocycles. The van der Waals surface area contributed by atoms with Crippen LogP contribution in [0.2, 0.25) is 5.02 Å². The number of nitrogens with zero attached hydrogens (tertiary/aromatic N) is 2. The van der Waals surface area contributed by atoms with Gasteiger partial charge in [0.2, 0.25) is 11.8 Å². The standard InChI is InChI=1S/C22H32ClN3O3/c23-19-7-9-20(10-8-19)29-17-3-6-21(27)24-11-12-25-13-15-26(16-14-25)22(28)18-4-1-2-5-18/h7-10,18H,1-6,11-17H2,(H,24,27). The van der Waals surface area contributed by atoms with E-state index in [9.17, 15) is 9.59 Å². The number of amides is 2. The van der Waals surface area contributed by atoms with E-state index in [1.54, 1.807) is 12.1 Å². The molecule has 0 atom stereocenters. The smallest absolute Gasteiger partial charge is 0.225 e. The van der Waals surface area contributed by atoms with Gasteiger partial charge in [-0.2, -0.15) is 0 Å². The van der Waals surface area contributed by atoms with Gasteiger partial charge in [0.05, 0.1) is 6.61 Å². The van der Waals surface area contributed by atoms with Crippen LogP contribution in [0.3, 0.4) is 0 Å². The second kappa shape index (κ2) is 11.4. The van der Waals surface area contributed by atoms with Gasteiger partial charge in [0.25, 0.3) is 0 Å². The number of hydrogen-bond acceptors (Lipinski definition) is 4. The van der Waals surface area contributed by atoms with Gasteiger partial charge in [0.15, 0.2) is 0 Å². The zero-order valence-corrected chi connectivity index (χ0v) is 17.8. The molecule has 1 heterocycles. The van der Waals surface area contributed by atoms with Crippen molar-refractivity contribution < 1.29 is 14.3 Å². The van der Waals surface area contributed by atoms with Crippen LogP contribution >= 0.6 is 11.6 Å². The van der Waals surface area contributed by atoms with Crippen LogP contribution < -0.4 is 10.1 Å². The quantitative estimate of drug-likeness (QED) is 0.623. The van der Waals surface area contributed by atoms with Gasteiger partial charge in [0, 0.05) is 56.6 Å². The summed E-state index contributed by atoms with van der Waals surface area (Å²) < 4.78 is 5.60. The first-order chi connectivity index (χ1) is 14.1. The van der Waals surface area contributed by atoms with Crippen LogP contribution in [0.5, 0.6) is 5.75 Å². The molecule has 2 fully saturated rings. The van der Waals surface area contributed by atoms with E-state index in [4.69, 9.17) is 16.3 Å². The van der Waals surface area contributed by atoms with Crippen molar-refractivity contribution in [2.45, 2.75) is 38.5 Å². The lowest BCUT2D eigenvalue weighted by atomic mass is 10.1. The number of halogens is 1. The minimum absolute atomic E-state index is 0.0553. The highest BCUT2D eigenvalue weighted by Gasteiger charge is 2.29. The first-order valence-electron chi connectivity index (χ1n) is 10.8. The minimum atomic E-state index is 0.0553. The Morgan fingerprint density at radius 3 is 2.45 bits per heavy atom. The molecule has 1 saturated carbocycles. The highest BCUT2D eigenvalue weighted by molar-refractivity contribution is 6.30. The molecule has 1 aromatic rings. The maximum atomic E-state index is 12.5. The summed E-state index contributed by atoms with van der Waals surface area (Å²) in [5.41, 5.74) is 0. The van der Waals surface area contributed by atoms with Crippen molar-refractivity contribution in [3.63, 3.8) is 0 Å². The molecule has 29 heavy (non-hydrogen) atoms. The fourth-order valence-electron chi connectivity index (χ4n) is 4.02. The van der Waals surface area contributed by atoms with Crippen molar-refractivity contribution >= 4 is 23.4 Å². The average molecular weight is 422 g/mol. The summed E-state index contributed by atoms with van der Waals surface area (Å²) in [7, 11) is 0. The Hall–Kier alpha value is -1.79. The Labute approximate surface area is 178 Å². The first-order valence-corrected chi connectivity index (χ1v) is 11.2. The number of benzene rings is 1. The van der Waals surface area contributed by atoms with E-state index in [1.165, 1.54) is 12.8 Å². The Kier molecular flexibility index (Phi) is 8.62. The van der Waals surface area contributed by atoms with E-state index < -0.39 is 0 Å². The van der Waals surface area contributed by atoms with Gasteiger partial charge in [-0.25, -0.2) is 0 Å². The van der Waals surface area contributed by atoms with Crippen LogP contribution in [0.4, 0.5) is 0 Å². The summed E-state index contributed by atoms with van der Waals surface area (Å²) in [6, 6.07) is 7.22. The van der Waals surface area contributed by atoms with E-state index >= 15 is 0 Å². The third kappa shape index (κ3) is 7.19.